The summed E-state index contributed by atoms with van der Waals surface area (Å²) in [5, 5.41) is 14.7. The van der Waals surface area contributed by atoms with Crippen LogP contribution in [-0.2, 0) is 12.7 Å². The fraction of sp³-hybridized carbons (Fsp3) is 0.500. The van der Waals surface area contributed by atoms with Gasteiger partial charge in [0.1, 0.15) is 0 Å². The highest BCUT2D eigenvalue weighted by Gasteiger charge is 2.30. The molecule has 1 atom stereocenters. The predicted octanol–water partition coefficient (Wildman–Crippen LogP) is 3.12. The Kier molecular flexibility index (Phi) is 4.80. The summed E-state index contributed by atoms with van der Waals surface area (Å²) in [5.41, 5.74) is 0.128. The third-order valence-electron chi connectivity index (χ3n) is 3.35. The van der Waals surface area contributed by atoms with Crippen LogP contribution < -0.4 is 5.32 Å². The third kappa shape index (κ3) is 3.82. The van der Waals surface area contributed by atoms with Gasteiger partial charge in [0.25, 0.3) is 0 Å². The normalized spacial score (nSPS) is 13.6. The summed E-state index contributed by atoms with van der Waals surface area (Å²) in [6.07, 6.45) is -4.31. The lowest BCUT2D eigenvalue weighted by Gasteiger charge is -2.15. The molecule has 0 bridgehead atoms. The number of rotatable bonds is 5. The first-order valence-corrected chi connectivity index (χ1v) is 6.96. The molecule has 8 heteroatoms. The molecule has 120 valence electrons. The summed E-state index contributed by atoms with van der Waals surface area (Å²) in [6.45, 7) is 6.26. The number of benzene rings is 1. The van der Waals surface area contributed by atoms with Crippen molar-refractivity contribution in [3.8, 4) is 0 Å². The predicted molar refractivity (Wildman–Crippen MR) is 74.9 cm³/mol. The van der Waals surface area contributed by atoms with Gasteiger partial charge in [0.15, 0.2) is 5.82 Å². The summed E-state index contributed by atoms with van der Waals surface area (Å²) in [7, 11) is 0. The summed E-state index contributed by atoms with van der Waals surface area (Å²) in [4.78, 5) is 0. The van der Waals surface area contributed by atoms with Crippen molar-refractivity contribution >= 4 is 0 Å². The van der Waals surface area contributed by atoms with Crippen molar-refractivity contribution < 1.29 is 13.2 Å². The van der Waals surface area contributed by atoms with Gasteiger partial charge < -0.3 is 5.32 Å². The molecule has 0 aliphatic rings. The Morgan fingerprint density at radius 3 is 2.32 bits per heavy atom. The summed E-state index contributed by atoms with van der Waals surface area (Å²) < 4.78 is 39.3. The fourth-order valence-electron chi connectivity index (χ4n) is 2.05. The van der Waals surface area contributed by atoms with Crippen LogP contribution in [0.5, 0.6) is 0 Å². The summed E-state index contributed by atoms with van der Waals surface area (Å²) in [5.74, 6) is 0.689. The van der Waals surface area contributed by atoms with Crippen LogP contribution in [0, 0.1) is 0 Å². The lowest BCUT2D eigenvalue weighted by Crippen LogP contribution is -2.21. The van der Waals surface area contributed by atoms with E-state index < -0.39 is 11.7 Å². The number of hydrogen-bond acceptors (Lipinski definition) is 4. The van der Waals surface area contributed by atoms with Gasteiger partial charge in [-0.15, -0.1) is 5.10 Å². The summed E-state index contributed by atoms with van der Waals surface area (Å²) in [6, 6.07) is 5.17. The average Bonchev–Trinajstić information content (AvgIpc) is 2.92. The van der Waals surface area contributed by atoms with Crippen LogP contribution in [0.2, 0.25) is 0 Å². The van der Waals surface area contributed by atoms with Crippen LogP contribution in [0.1, 0.15) is 49.8 Å². The van der Waals surface area contributed by atoms with Gasteiger partial charge in [0, 0.05) is 6.04 Å². The number of halogens is 3. The zero-order valence-corrected chi connectivity index (χ0v) is 12.6. The van der Waals surface area contributed by atoms with E-state index >= 15 is 0 Å². The van der Waals surface area contributed by atoms with Gasteiger partial charge in [-0.2, -0.15) is 13.2 Å². The molecule has 0 saturated carbocycles. The van der Waals surface area contributed by atoms with Gasteiger partial charge in [-0.3, -0.25) is 0 Å². The van der Waals surface area contributed by atoms with Gasteiger partial charge in [-0.1, -0.05) is 12.1 Å². The molecule has 0 unspecified atom stereocenters. The molecular weight excluding hydrogens is 295 g/mol. The van der Waals surface area contributed by atoms with Gasteiger partial charge >= 0.3 is 6.18 Å². The van der Waals surface area contributed by atoms with Crippen molar-refractivity contribution in [1.29, 1.82) is 0 Å². The Morgan fingerprint density at radius 2 is 1.77 bits per heavy atom. The maximum absolute atomic E-state index is 12.5. The zero-order chi connectivity index (χ0) is 16.3. The first-order valence-electron chi connectivity index (χ1n) is 6.96. The van der Waals surface area contributed by atoms with E-state index in [0.29, 0.717) is 12.4 Å². The molecule has 0 spiro atoms. The second-order valence-corrected chi connectivity index (χ2v) is 5.36. The largest absolute Gasteiger partial charge is 0.416 e. The third-order valence-corrected chi connectivity index (χ3v) is 3.35. The maximum Gasteiger partial charge on any atom is 0.416 e. The molecule has 1 N–H and O–H groups in total. The maximum atomic E-state index is 12.5. The minimum Gasteiger partial charge on any atom is -0.303 e. The van der Waals surface area contributed by atoms with Crippen molar-refractivity contribution in [2.75, 3.05) is 0 Å². The van der Waals surface area contributed by atoms with Crippen LogP contribution in [0.4, 0.5) is 13.2 Å². The van der Waals surface area contributed by atoms with Crippen molar-refractivity contribution in [3.05, 3.63) is 41.2 Å². The van der Waals surface area contributed by atoms with Gasteiger partial charge in [-0.05, 0) is 48.9 Å². The topological polar surface area (TPSA) is 55.6 Å². The molecule has 22 heavy (non-hydrogen) atoms. The Balaban J connectivity index is 2.00. The molecule has 2 rings (SSSR count). The SMILES string of the molecule is CC(C)n1nnnc1CN[C@H](C)c1ccc(C(F)(F)F)cc1. The molecule has 0 amide bonds. The summed E-state index contributed by atoms with van der Waals surface area (Å²) >= 11 is 0. The number of alkyl halides is 3. The minimum atomic E-state index is -4.31. The first kappa shape index (κ1) is 16.4. The molecule has 0 aliphatic carbocycles. The highest BCUT2D eigenvalue weighted by molar-refractivity contribution is 5.26. The number of nitrogens with zero attached hydrogens (tertiary/aromatic N) is 4. The Bertz CT molecular complexity index is 604. The van der Waals surface area contributed by atoms with E-state index in [1.165, 1.54) is 12.1 Å². The van der Waals surface area contributed by atoms with E-state index in [2.05, 4.69) is 20.8 Å². The van der Waals surface area contributed by atoms with Crippen molar-refractivity contribution in [1.82, 2.24) is 25.5 Å². The molecule has 1 heterocycles. The molecular formula is C14H18F3N5. The molecule has 1 aromatic heterocycles. The standard InChI is InChI=1S/C14H18F3N5/c1-9(2)22-13(19-20-21-22)8-18-10(3)11-4-6-12(7-5-11)14(15,16)17/h4-7,9-10,18H,8H2,1-3H3/t10-/m1/s1. The van der Waals surface area contributed by atoms with Crippen molar-refractivity contribution in [3.63, 3.8) is 0 Å². The van der Waals surface area contributed by atoms with Crippen molar-refractivity contribution in [2.24, 2.45) is 0 Å². The molecule has 0 radical (unpaired) electrons. The molecule has 0 saturated heterocycles. The number of hydrogen-bond donors (Lipinski definition) is 1. The quantitative estimate of drug-likeness (QED) is 0.921. The second-order valence-electron chi connectivity index (χ2n) is 5.36. The highest BCUT2D eigenvalue weighted by Crippen LogP contribution is 2.29. The van der Waals surface area contributed by atoms with Gasteiger partial charge in [0.2, 0.25) is 0 Å². The van der Waals surface area contributed by atoms with Gasteiger partial charge in [-0.25, -0.2) is 4.68 Å². The molecule has 2 aromatic rings. The number of nitrogens with one attached hydrogen (secondary N) is 1. The monoisotopic (exact) mass is 313 g/mol. The van der Waals surface area contributed by atoms with E-state index in [4.69, 9.17) is 0 Å². The van der Waals surface area contributed by atoms with Crippen molar-refractivity contribution in [2.45, 2.75) is 45.6 Å². The van der Waals surface area contributed by atoms with E-state index in [1.54, 1.807) is 4.68 Å². The van der Waals surface area contributed by atoms with E-state index in [9.17, 15) is 13.2 Å². The minimum absolute atomic E-state index is 0.111. The van der Waals surface area contributed by atoms with Crippen LogP contribution in [0.15, 0.2) is 24.3 Å². The molecule has 0 fully saturated rings. The lowest BCUT2D eigenvalue weighted by atomic mass is 10.1. The molecule has 1 aromatic carbocycles. The fourth-order valence-corrected chi connectivity index (χ4v) is 2.05. The Morgan fingerprint density at radius 1 is 1.14 bits per heavy atom. The van der Waals surface area contributed by atoms with Gasteiger partial charge in [0.05, 0.1) is 18.2 Å². The van der Waals surface area contributed by atoms with Crippen LogP contribution >= 0.6 is 0 Å². The lowest BCUT2D eigenvalue weighted by molar-refractivity contribution is -0.137. The second kappa shape index (κ2) is 6.43. The van der Waals surface area contributed by atoms with E-state index in [1.807, 2.05) is 20.8 Å². The average molecular weight is 313 g/mol. The van der Waals surface area contributed by atoms with Crippen LogP contribution in [0.3, 0.4) is 0 Å². The van der Waals surface area contributed by atoms with E-state index in [0.717, 1.165) is 17.7 Å². The number of tetrazole rings is 1. The smallest absolute Gasteiger partial charge is 0.303 e. The number of aromatic nitrogens is 4. The molecule has 0 aliphatic heterocycles. The first-order chi connectivity index (χ1) is 10.3. The Hall–Kier alpha value is -1.96. The molecule has 5 nitrogen and oxygen atoms in total. The van der Waals surface area contributed by atoms with E-state index in [-0.39, 0.29) is 12.1 Å². The van der Waals surface area contributed by atoms with Crippen LogP contribution in [0.25, 0.3) is 0 Å². The highest BCUT2D eigenvalue weighted by atomic mass is 19.4. The Labute approximate surface area is 126 Å². The van der Waals surface area contributed by atoms with Crippen LogP contribution in [-0.4, -0.2) is 20.2 Å². The zero-order valence-electron chi connectivity index (χ0n) is 12.6.